The first-order valence-electron chi connectivity index (χ1n) is 8.30. The number of benzene rings is 3. The highest BCUT2D eigenvalue weighted by Crippen LogP contribution is 2.33. The second-order valence-electron chi connectivity index (χ2n) is 6.16. The Morgan fingerprint density at radius 1 is 0.741 bits per heavy atom. The highest BCUT2D eigenvalue weighted by atomic mass is 35.5. The molecule has 27 heavy (non-hydrogen) atoms. The van der Waals surface area contributed by atoms with Crippen molar-refractivity contribution in [3.63, 3.8) is 0 Å². The minimum atomic E-state index is -1.50. The van der Waals surface area contributed by atoms with Gasteiger partial charge >= 0.3 is 7.12 Å². The molecule has 3 aromatic carbocycles. The van der Waals surface area contributed by atoms with E-state index in [2.05, 4.69) is 0 Å². The lowest BCUT2D eigenvalue weighted by Crippen LogP contribution is -2.29. The van der Waals surface area contributed by atoms with Gasteiger partial charge < -0.3 is 24.4 Å². The van der Waals surface area contributed by atoms with E-state index in [0.717, 1.165) is 5.69 Å². The van der Waals surface area contributed by atoms with E-state index in [0.29, 0.717) is 33.5 Å². The third-order valence-corrected chi connectivity index (χ3v) is 4.10. The first-order chi connectivity index (χ1) is 12.9. The Kier molecular flexibility index (Phi) is 5.91. The molecule has 0 aliphatic rings. The second-order valence-corrected chi connectivity index (χ2v) is 6.59. The van der Waals surface area contributed by atoms with Crippen LogP contribution in [0.25, 0.3) is 0 Å². The molecule has 3 aromatic rings. The lowest BCUT2D eigenvalue weighted by atomic mass is 9.80. The van der Waals surface area contributed by atoms with Gasteiger partial charge in [0.1, 0.15) is 23.0 Å². The van der Waals surface area contributed by atoms with Crippen molar-refractivity contribution >= 4 is 29.9 Å². The summed E-state index contributed by atoms with van der Waals surface area (Å²) in [7, 11) is 2.36. The summed E-state index contributed by atoms with van der Waals surface area (Å²) in [6.45, 7) is 0. The maximum absolute atomic E-state index is 9.18. The summed E-state index contributed by atoms with van der Waals surface area (Å²) in [5, 5.41) is 19.0. The van der Waals surface area contributed by atoms with Crippen LogP contribution < -0.4 is 19.8 Å². The van der Waals surface area contributed by atoms with Crippen molar-refractivity contribution in [2.24, 2.45) is 0 Å². The van der Waals surface area contributed by atoms with Gasteiger partial charge in [0.05, 0.1) is 0 Å². The van der Waals surface area contributed by atoms with Gasteiger partial charge in [-0.15, -0.1) is 0 Å². The molecule has 7 heteroatoms. The van der Waals surface area contributed by atoms with E-state index >= 15 is 0 Å². The predicted octanol–water partition coefficient (Wildman–Crippen LogP) is 3.67. The molecule has 0 spiro atoms. The van der Waals surface area contributed by atoms with Crippen molar-refractivity contribution in [3.05, 3.63) is 71.8 Å². The van der Waals surface area contributed by atoms with Crippen LogP contribution in [-0.2, 0) is 0 Å². The highest BCUT2D eigenvalue weighted by molar-refractivity contribution is 6.58. The fraction of sp³-hybridized carbons (Fsp3) is 0.100. The topological polar surface area (TPSA) is 62.2 Å². The minimum Gasteiger partial charge on any atom is -0.457 e. The SMILES string of the molecule is CN(C)c1cc(Oc2ccc(Cl)cc2)cc(Oc2ccc(B(O)O)cc2)c1. The summed E-state index contributed by atoms with van der Waals surface area (Å²) >= 11 is 5.91. The van der Waals surface area contributed by atoms with Crippen molar-refractivity contribution in [1.29, 1.82) is 0 Å². The van der Waals surface area contributed by atoms with Crippen LogP contribution in [0.15, 0.2) is 66.7 Å². The Morgan fingerprint density at radius 3 is 1.67 bits per heavy atom. The van der Waals surface area contributed by atoms with Crippen LogP contribution in [0.2, 0.25) is 5.02 Å². The number of rotatable bonds is 6. The first-order valence-corrected chi connectivity index (χ1v) is 8.68. The third kappa shape index (κ3) is 5.17. The minimum absolute atomic E-state index is 0.399. The number of hydrogen-bond donors (Lipinski definition) is 2. The van der Waals surface area contributed by atoms with Crippen LogP contribution in [0.5, 0.6) is 23.0 Å². The lowest BCUT2D eigenvalue weighted by Gasteiger charge is -2.17. The van der Waals surface area contributed by atoms with Crippen molar-refractivity contribution in [2.75, 3.05) is 19.0 Å². The van der Waals surface area contributed by atoms with Crippen LogP contribution in [-0.4, -0.2) is 31.3 Å². The fourth-order valence-corrected chi connectivity index (χ4v) is 2.54. The summed E-state index contributed by atoms with van der Waals surface area (Å²) in [6.07, 6.45) is 0. The number of halogens is 1. The fourth-order valence-electron chi connectivity index (χ4n) is 2.42. The zero-order valence-corrected chi connectivity index (χ0v) is 15.7. The maximum atomic E-state index is 9.18. The maximum Gasteiger partial charge on any atom is 0.488 e. The third-order valence-electron chi connectivity index (χ3n) is 3.84. The Morgan fingerprint density at radius 2 is 1.22 bits per heavy atom. The normalized spacial score (nSPS) is 10.4. The molecule has 0 radical (unpaired) electrons. The van der Waals surface area contributed by atoms with Gasteiger partial charge in [-0.2, -0.15) is 0 Å². The van der Waals surface area contributed by atoms with Crippen molar-refractivity contribution in [2.45, 2.75) is 0 Å². The molecular formula is C20H19BClNO4. The van der Waals surface area contributed by atoms with E-state index < -0.39 is 7.12 Å². The summed E-state index contributed by atoms with van der Waals surface area (Å²) in [4.78, 5) is 1.95. The molecular weight excluding hydrogens is 364 g/mol. The molecule has 0 aromatic heterocycles. The Bertz CT molecular complexity index is 899. The van der Waals surface area contributed by atoms with Crippen molar-refractivity contribution in [1.82, 2.24) is 0 Å². The summed E-state index contributed by atoms with van der Waals surface area (Å²) in [6, 6.07) is 19.3. The Hall–Kier alpha value is -2.67. The van der Waals surface area contributed by atoms with E-state index in [-0.39, 0.29) is 0 Å². The van der Waals surface area contributed by atoms with Gasteiger partial charge in [0.15, 0.2) is 0 Å². The molecule has 0 saturated heterocycles. The van der Waals surface area contributed by atoms with Gasteiger partial charge in [-0.1, -0.05) is 23.7 Å². The number of ether oxygens (including phenoxy) is 2. The van der Waals surface area contributed by atoms with Gasteiger partial charge in [0.25, 0.3) is 0 Å². The molecule has 0 aliphatic carbocycles. The molecule has 2 N–H and O–H groups in total. The zero-order valence-electron chi connectivity index (χ0n) is 15.0. The van der Waals surface area contributed by atoms with E-state index in [1.807, 2.05) is 31.1 Å². The van der Waals surface area contributed by atoms with Crippen molar-refractivity contribution < 1.29 is 19.5 Å². The van der Waals surface area contributed by atoms with E-state index in [1.54, 1.807) is 54.6 Å². The lowest BCUT2D eigenvalue weighted by molar-refractivity contribution is 0.425. The number of nitrogens with zero attached hydrogens (tertiary/aromatic N) is 1. The first kappa shape index (κ1) is 19.1. The highest BCUT2D eigenvalue weighted by Gasteiger charge is 2.11. The average molecular weight is 384 g/mol. The predicted molar refractivity (Wildman–Crippen MR) is 109 cm³/mol. The standard InChI is InChI=1S/C20H19BClNO4/c1-23(2)16-11-19(26-17-7-3-14(4-8-17)21(24)25)13-20(12-16)27-18-9-5-15(22)6-10-18/h3-13,24-25H,1-2H3. The molecule has 0 unspecified atom stereocenters. The summed E-state index contributed by atoms with van der Waals surface area (Å²) < 4.78 is 11.8. The molecule has 0 fully saturated rings. The number of anilines is 1. The molecule has 3 rings (SSSR count). The summed E-state index contributed by atoms with van der Waals surface area (Å²) in [5.74, 6) is 2.47. The van der Waals surface area contributed by atoms with Crippen LogP contribution >= 0.6 is 11.6 Å². The smallest absolute Gasteiger partial charge is 0.457 e. The van der Waals surface area contributed by atoms with E-state index in [9.17, 15) is 10.0 Å². The van der Waals surface area contributed by atoms with Crippen molar-refractivity contribution in [3.8, 4) is 23.0 Å². The van der Waals surface area contributed by atoms with Crippen LogP contribution in [0, 0.1) is 0 Å². The average Bonchev–Trinajstić information content (AvgIpc) is 2.64. The molecule has 0 aliphatic heterocycles. The van der Waals surface area contributed by atoms with E-state index in [4.69, 9.17) is 21.1 Å². The molecule has 0 heterocycles. The van der Waals surface area contributed by atoms with Crippen LogP contribution in [0.1, 0.15) is 0 Å². The molecule has 138 valence electrons. The van der Waals surface area contributed by atoms with Gasteiger partial charge in [0, 0.05) is 43.0 Å². The molecule has 0 bridgehead atoms. The Labute approximate surface area is 163 Å². The zero-order chi connectivity index (χ0) is 19.4. The second kappa shape index (κ2) is 8.35. The van der Waals surface area contributed by atoms with Gasteiger partial charge in [-0.3, -0.25) is 0 Å². The van der Waals surface area contributed by atoms with Gasteiger partial charge in [0.2, 0.25) is 0 Å². The van der Waals surface area contributed by atoms with Gasteiger partial charge in [-0.25, -0.2) is 0 Å². The number of hydrogen-bond acceptors (Lipinski definition) is 5. The van der Waals surface area contributed by atoms with E-state index in [1.165, 1.54) is 0 Å². The molecule has 0 atom stereocenters. The quantitative estimate of drug-likeness (QED) is 0.636. The van der Waals surface area contributed by atoms with Gasteiger partial charge in [-0.05, 0) is 41.9 Å². The monoisotopic (exact) mass is 383 g/mol. The molecule has 0 saturated carbocycles. The van der Waals surface area contributed by atoms with Crippen LogP contribution in [0.3, 0.4) is 0 Å². The molecule has 0 amide bonds. The van der Waals surface area contributed by atoms with Crippen LogP contribution in [0.4, 0.5) is 5.69 Å². The Balaban J connectivity index is 1.85. The largest absolute Gasteiger partial charge is 0.488 e. The molecule has 5 nitrogen and oxygen atoms in total. The summed E-state index contributed by atoms with van der Waals surface area (Å²) in [5.41, 5.74) is 1.31.